The van der Waals surface area contributed by atoms with E-state index in [0.29, 0.717) is 12.0 Å². The van der Waals surface area contributed by atoms with E-state index >= 15 is 0 Å². The van der Waals surface area contributed by atoms with Gasteiger partial charge in [0.15, 0.2) is 0 Å². The van der Waals surface area contributed by atoms with Crippen LogP contribution in [-0.4, -0.2) is 40.6 Å². The highest BCUT2D eigenvalue weighted by atomic mass is 15.4. The van der Waals surface area contributed by atoms with Crippen LogP contribution in [0.3, 0.4) is 0 Å². The van der Waals surface area contributed by atoms with E-state index in [0.717, 1.165) is 37.4 Å². The van der Waals surface area contributed by atoms with Crippen molar-refractivity contribution in [3.8, 4) is 0 Å². The lowest BCUT2D eigenvalue weighted by molar-refractivity contribution is 0.374. The minimum atomic E-state index is 0.336. The Balaban J connectivity index is 1.85. The zero-order valence-electron chi connectivity index (χ0n) is 12.4. The topological polar surface area (TPSA) is 71.2 Å². The quantitative estimate of drug-likeness (QED) is 0.886. The largest absolute Gasteiger partial charge is 0.368 e. The van der Waals surface area contributed by atoms with Gasteiger partial charge in [-0.3, -0.25) is 0 Å². The molecule has 2 fully saturated rings. The van der Waals surface area contributed by atoms with Crippen LogP contribution in [0, 0.1) is 5.92 Å². The van der Waals surface area contributed by atoms with Crippen LogP contribution in [0.15, 0.2) is 0 Å². The summed E-state index contributed by atoms with van der Waals surface area (Å²) < 4.78 is 0. The second kappa shape index (κ2) is 5.42. The zero-order chi connectivity index (χ0) is 14.1. The van der Waals surface area contributed by atoms with Gasteiger partial charge in [-0.2, -0.15) is 15.0 Å². The normalized spacial score (nSPS) is 27.1. The molecule has 2 saturated heterocycles. The molecule has 0 radical (unpaired) electrons. The van der Waals surface area contributed by atoms with Crippen molar-refractivity contribution >= 4 is 17.8 Å². The molecule has 1 aromatic heterocycles. The third kappa shape index (κ3) is 2.64. The van der Waals surface area contributed by atoms with Gasteiger partial charge < -0.3 is 15.5 Å². The number of nitrogens with two attached hydrogens (primary N) is 1. The third-order valence-electron chi connectivity index (χ3n) is 4.41. The van der Waals surface area contributed by atoms with E-state index in [4.69, 9.17) is 5.73 Å². The van der Waals surface area contributed by atoms with E-state index in [1.54, 1.807) is 0 Å². The first-order chi connectivity index (χ1) is 9.63. The van der Waals surface area contributed by atoms with Crippen LogP contribution in [0.5, 0.6) is 0 Å². The van der Waals surface area contributed by atoms with Crippen LogP contribution in [0.4, 0.5) is 17.8 Å². The van der Waals surface area contributed by atoms with E-state index in [1.807, 2.05) is 0 Å². The fraction of sp³-hybridized carbons (Fsp3) is 0.786. The van der Waals surface area contributed by atoms with Gasteiger partial charge in [-0.25, -0.2) is 0 Å². The van der Waals surface area contributed by atoms with Crippen LogP contribution in [-0.2, 0) is 0 Å². The summed E-state index contributed by atoms with van der Waals surface area (Å²) in [5, 5.41) is 0. The maximum atomic E-state index is 5.89. The summed E-state index contributed by atoms with van der Waals surface area (Å²) in [5.41, 5.74) is 5.89. The maximum Gasteiger partial charge on any atom is 0.232 e. The molecule has 6 heteroatoms. The number of rotatable bonds is 2. The Hall–Kier alpha value is -1.59. The highest BCUT2D eigenvalue weighted by molar-refractivity contribution is 5.44. The van der Waals surface area contributed by atoms with Crippen molar-refractivity contribution in [2.24, 2.45) is 5.92 Å². The van der Waals surface area contributed by atoms with Gasteiger partial charge in [0.05, 0.1) is 0 Å². The van der Waals surface area contributed by atoms with Crippen molar-refractivity contribution in [3.05, 3.63) is 0 Å². The molecule has 1 aromatic rings. The first-order valence-electron chi connectivity index (χ1n) is 7.66. The molecule has 2 atom stereocenters. The zero-order valence-corrected chi connectivity index (χ0v) is 12.4. The Morgan fingerprint density at radius 1 is 1.00 bits per heavy atom. The first-order valence-corrected chi connectivity index (χ1v) is 7.66. The summed E-state index contributed by atoms with van der Waals surface area (Å²) in [4.78, 5) is 17.8. The number of piperidine rings is 1. The second-order valence-corrected chi connectivity index (χ2v) is 6.16. The highest BCUT2D eigenvalue weighted by Gasteiger charge is 2.26. The Morgan fingerprint density at radius 3 is 2.40 bits per heavy atom. The molecule has 110 valence electrons. The summed E-state index contributed by atoms with van der Waals surface area (Å²) in [7, 11) is 0. The average molecular weight is 276 g/mol. The molecule has 3 rings (SSSR count). The molecule has 0 saturated carbocycles. The van der Waals surface area contributed by atoms with Gasteiger partial charge >= 0.3 is 0 Å². The first kappa shape index (κ1) is 13.4. The lowest BCUT2D eigenvalue weighted by atomic mass is 9.94. The molecule has 2 aliphatic rings. The van der Waals surface area contributed by atoms with Crippen molar-refractivity contribution < 1.29 is 0 Å². The smallest absolute Gasteiger partial charge is 0.232 e. The second-order valence-electron chi connectivity index (χ2n) is 6.16. The molecule has 0 spiro atoms. The number of nitrogens with zero attached hydrogens (tertiary/aromatic N) is 5. The molecule has 0 bridgehead atoms. The van der Waals surface area contributed by atoms with Crippen LogP contribution < -0.4 is 15.5 Å². The van der Waals surface area contributed by atoms with E-state index in [9.17, 15) is 0 Å². The van der Waals surface area contributed by atoms with Gasteiger partial charge in [0, 0.05) is 25.7 Å². The molecule has 20 heavy (non-hydrogen) atoms. The molecule has 0 aromatic carbocycles. The fourth-order valence-electron chi connectivity index (χ4n) is 3.26. The van der Waals surface area contributed by atoms with Crippen LogP contribution in [0.2, 0.25) is 0 Å². The Kier molecular flexibility index (Phi) is 3.63. The van der Waals surface area contributed by atoms with E-state index in [1.165, 1.54) is 25.7 Å². The summed E-state index contributed by atoms with van der Waals surface area (Å²) in [5.74, 6) is 2.61. The summed E-state index contributed by atoms with van der Waals surface area (Å²) in [6.07, 6.45) is 4.79. The number of hydrogen-bond acceptors (Lipinski definition) is 6. The van der Waals surface area contributed by atoms with Gasteiger partial charge in [0.1, 0.15) is 0 Å². The average Bonchev–Trinajstić information content (AvgIpc) is 2.91. The van der Waals surface area contributed by atoms with Gasteiger partial charge in [0.25, 0.3) is 0 Å². The minimum absolute atomic E-state index is 0.336. The fourth-order valence-corrected chi connectivity index (χ4v) is 3.26. The van der Waals surface area contributed by atoms with E-state index in [-0.39, 0.29) is 0 Å². The minimum Gasteiger partial charge on any atom is -0.368 e. The Morgan fingerprint density at radius 2 is 1.70 bits per heavy atom. The lowest BCUT2D eigenvalue weighted by Gasteiger charge is -2.36. The number of hydrogen-bond donors (Lipinski definition) is 1. The molecule has 2 N–H and O–H groups in total. The molecule has 2 aliphatic heterocycles. The van der Waals surface area contributed by atoms with Gasteiger partial charge in [0.2, 0.25) is 17.8 Å². The van der Waals surface area contributed by atoms with Crippen molar-refractivity contribution in [3.63, 3.8) is 0 Å². The molecule has 0 amide bonds. The van der Waals surface area contributed by atoms with Crippen molar-refractivity contribution in [1.29, 1.82) is 0 Å². The third-order valence-corrected chi connectivity index (χ3v) is 4.41. The predicted octanol–water partition coefficient (Wildman–Crippen LogP) is 1.68. The summed E-state index contributed by atoms with van der Waals surface area (Å²) in [6, 6.07) is 0.465. The van der Waals surface area contributed by atoms with Gasteiger partial charge in [-0.15, -0.1) is 0 Å². The summed E-state index contributed by atoms with van der Waals surface area (Å²) >= 11 is 0. The molecule has 6 nitrogen and oxygen atoms in total. The molecule has 0 aliphatic carbocycles. The van der Waals surface area contributed by atoms with Crippen molar-refractivity contribution in [2.45, 2.75) is 45.6 Å². The molecular formula is C14H24N6. The van der Waals surface area contributed by atoms with Crippen molar-refractivity contribution in [2.75, 3.05) is 35.2 Å². The van der Waals surface area contributed by atoms with Crippen LogP contribution >= 0.6 is 0 Å². The number of nitrogen functional groups attached to an aromatic ring is 1. The molecular weight excluding hydrogens is 252 g/mol. The molecule has 2 unspecified atom stereocenters. The van der Waals surface area contributed by atoms with E-state index in [2.05, 4.69) is 38.6 Å². The van der Waals surface area contributed by atoms with Crippen molar-refractivity contribution in [1.82, 2.24) is 15.0 Å². The standard InChI is InChI=1S/C14H24N6/c1-10-5-8-20(11(2)9-10)14-17-12(15)16-13(18-14)19-6-3-4-7-19/h10-11H,3-9H2,1-2H3,(H2,15,16,17,18). The lowest BCUT2D eigenvalue weighted by Crippen LogP contribution is -2.41. The number of anilines is 3. The number of aromatic nitrogens is 3. The Labute approximate surface area is 120 Å². The molecule has 3 heterocycles. The Bertz CT molecular complexity index is 471. The highest BCUT2D eigenvalue weighted by Crippen LogP contribution is 2.27. The van der Waals surface area contributed by atoms with Crippen LogP contribution in [0.1, 0.15) is 39.5 Å². The van der Waals surface area contributed by atoms with E-state index < -0.39 is 0 Å². The SMILES string of the molecule is CC1CCN(c2nc(N)nc(N3CCCC3)n2)C(C)C1. The van der Waals surface area contributed by atoms with Gasteiger partial charge in [-0.1, -0.05) is 6.92 Å². The predicted molar refractivity (Wildman–Crippen MR) is 80.9 cm³/mol. The van der Waals surface area contributed by atoms with Gasteiger partial charge in [-0.05, 0) is 38.5 Å². The summed E-state index contributed by atoms with van der Waals surface area (Å²) in [6.45, 7) is 7.60. The monoisotopic (exact) mass is 276 g/mol. The van der Waals surface area contributed by atoms with Crippen LogP contribution in [0.25, 0.3) is 0 Å². The maximum absolute atomic E-state index is 5.89.